The second-order valence-electron chi connectivity index (χ2n) is 5.86. The molecule has 0 heterocycles. The summed E-state index contributed by atoms with van der Waals surface area (Å²) < 4.78 is 38.9. The number of rotatable bonds is 8. The van der Waals surface area contributed by atoms with E-state index in [9.17, 15) is 18.5 Å². The lowest BCUT2D eigenvalue weighted by molar-refractivity contribution is -0.384. The van der Waals surface area contributed by atoms with E-state index >= 15 is 0 Å². The molecule has 0 aliphatic carbocycles. The second-order valence-corrected chi connectivity index (χ2v) is 7.54. The number of anilines is 1. The van der Waals surface area contributed by atoms with Gasteiger partial charge >= 0.3 is 0 Å². The van der Waals surface area contributed by atoms with Crippen LogP contribution in [0.1, 0.15) is 6.92 Å². The molecular formula is C20H18N2O6S. The van der Waals surface area contributed by atoms with Crippen LogP contribution < -0.4 is 14.2 Å². The third kappa shape index (κ3) is 5.02. The summed E-state index contributed by atoms with van der Waals surface area (Å²) in [5.74, 6) is 1.52. The highest BCUT2D eigenvalue weighted by molar-refractivity contribution is 7.92. The molecule has 3 rings (SSSR count). The van der Waals surface area contributed by atoms with Crippen molar-refractivity contribution >= 4 is 21.4 Å². The Morgan fingerprint density at radius 3 is 2.17 bits per heavy atom. The molecule has 3 aromatic rings. The minimum absolute atomic E-state index is 0.0982. The molecule has 150 valence electrons. The van der Waals surface area contributed by atoms with Crippen molar-refractivity contribution in [2.24, 2.45) is 0 Å². The van der Waals surface area contributed by atoms with Gasteiger partial charge < -0.3 is 9.47 Å². The van der Waals surface area contributed by atoms with Gasteiger partial charge in [0.1, 0.15) is 11.5 Å². The van der Waals surface area contributed by atoms with Crippen LogP contribution in [0.15, 0.2) is 77.7 Å². The number of nitro groups is 1. The van der Waals surface area contributed by atoms with Crippen LogP contribution in [0, 0.1) is 10.1 Å². The monoisotopic (exact) mass is 414 g/mol. The first kappa shape index (κ1) is 20.2. The molecule has 3 aromatic carbocycles. The van der Waals surface area contributed by atoms with Gasteiger partial charge in [-0.2, -0.15) is 0 Å². The first-order valence-electron chi connectivity index (χ1n) is 8.66. The molecule has 0 fully saturated rings. The third-order valence-electron chi connectivity index (χ3n) is 3.85. The Morgan fingerprint density at radius 2 is 1.55 bits per heavy atom. The lowest BCUT2D eigenvalue weighted by atomic mass is 10.3. The smallest absolute Gasteiger partial charge is 0.269 e. The van der Waals surface area contributed by atoms with Crippen molar-refractivity contribution in [2.75, 3.05) is 11.3 Å². The van der Waals surface area contributed by atoms with E-state index in [0.717, 1.165) is 12.1 Å². The molecule has 0 amide bonds. The fraction of sp³-hybridized carbons (Fsp3) is 0.100. The summed E-state index contributed by atoms with van der Waals surface area (Å²) in [4.78, 5) is 10.1. The number of hydrogen-bond acceptors (Lipinski definition) is 6. The molecule has 0 atom stereocenters. The normalized spacial score (nSPS) is 10.9. The molecule has 0 spiro atoms. The highest BCUT2D eigenvalue weighted by atomic mass is 32.2. The summed E-state index contributed by atoms with van der Waals surface area (Å²) in [7, 11) is -3.96. The third-order valence-corrected chi connectivity index (χ3v) is 5.23. The van der Waals surface area contributed by atoms with Crippen molar-refractivity contribution in [2.45, 2.75) is 11.8 Å². The van der Waals surface area contributed by atoms with E-state index in [1.165, 1.54) is 12.1 Å². The number of ether oxygens (including phenoxy) is 2. The molecule has 0 aliphatic heterocycles. The topological polar surface area (TPSA) is 108 Å². The maximum Gasteiger partial charge on any atom is 0.269 e. The Hall–Kier alpha value is -3.59. The maximum absolute atomic E-state index is 12.7. The molecule has 0 saturated heterocycles. The number of nitro benzene ring substituents is 1. The fourth-order valence-corrected chi connectivity index (χ4v) is 3.56. The van der Waals surface area contributed by atoms with Crippen molar-refractivity contribution < 1.29 is 22.8 Å². The molecule has 0 aliphatic rings. The van der Waals surface area contributed by atoms with E-state index in [1.54, 1.807) is 48.5 Å². The predicted octanol–water partition coefficient (Wildman–Crippen LogP) is 4.59. The van der Waals surface area contributed by atoms with Crippen molar-refractivity contribution in [3.8, 4) is 17.2 Å². The van der Waals surface area contributed by atoms with Crippen LogP contribution >= 0.6 is 0 Å². The molecule has 0 bridgehead atoms. The van der Waals surface area contributed by atoms with Crippen LogP contribution in [0.3, 0.4) is 0 Å². The van der Waals surface area contributed by atoms with Gasteiger partial charge in [0, 0.05) is 12.1 Å². The Morgan fingerprint density at radius 1 is 0.931 bits per heavy atom. The number of nitrogens with zero attached hydrogens (tertiary/aromatic N) is 1. The number of benzene rings is 3. The van der Waals surface area contributed by atoms with E-state index in [4.69, 9.17) is 9.47 Å². The largest absolute Gasteiger partial charge is 0.494 e. The number of non-ortho nitro benzene ring substituents is 1. The van der Waals surface area contributed by atoms with Gasteiger partial charge in [0.2, 0.25) is 0 Å². The summed E-state index contributed by atoms with van der Waals surface area (Å²) in [6.45, 7) is 2.44. The predicted molar refractivity (Wildman–Crippen MR) is 108 cm³/mol. The van der Waals surface area contributed by atoms with Crippen LogP contribution in [0.25, 0.3) is 0 Å². The lowest BCUT2D eigenvalue weighted by Crippen LogP contribution is -2.13. The minimum atomic E-state index is -3.96. The molecule has 8 nitrogen and oxygen atoms in total. The first-order valence-corrected chi connectivity index (χ1v) is 10.1. The van der Waals surface area contributed by atoms with Crippen LogP contribution in [0.4, 0.5) is 11.4 Å². The van der Waals surface area contributed by atoms with E-state index < -0.39 is 14.9 Å². The highest BCUT2D eigenvalue weighted by Crippen LogP contribution is 2.32. The average Bonchev–Trinajstić information content (AvgIpc) is 2.71. The van der Waals surface area contributed by atoms with Gasteiger partial charge in [-0.25, -0.2) is 8.42 Å². The van der Waals surface area contributed by atoms with Gasteiger partial charge in [0.25, 0.3) is 15.7 Å². The standard InChI is InChI=1S/C20H18N2O6S/c1-2-27-16-9-11-17(12-10-16)28-20-6-4-3-5-19(20)21-29(25,26)18-13-7-15(8-14-18)22(23)24/h3-14,21H,2H2,1H3. The highest BCUT2D eigenvalue weighted by Gasteiger charge is 2.18. The fourth-order valence-electron chi connectivity index (χ4n) is 2.49. The Balaban J connectivity index is 1.81. The molecule has 0 unspecified atom stereocenters. The Kier molecular flexibility index (Phi) is 5.99. The Labute approximate surface area is 167 Å². The summed E-state index contributed by atoms with van der Waals surface area (Å²) >= 11 is 0. The number of hydrogen-bond donors (Lipinski definition) is 1. The van der Waals surface area contributed by atoms with Gasteiger partial charge in [-0.1, -0.05) is 12.1 Å². The van der Waals surface area contributed by atoms with Gasteiger partial charge in [0.05, 0.1) is 22.1 Å². The summed E-state index contributed by atoms with van der Waals surface area (Å²) in [5, 5.41) is 10.7. The van der Waals surface area contributed by atoms with Gasteiger partial charge in [0.15, 0.2) is 5.75 Å². The first-order chi connectivity index (χ1) is 13.9. The van der Waals surface area contributed by atoms with Gasteiger partial charge in [-0.05, 0) is 55.5 Å². The summed E-state index contributed by atoms with van der Waals surface area (Å²) in [5.41, 5.74) is 0.0444. The molecular weight excluding hydrogens is 396 g/mol. The number of nitrogens with one attached hydrogen (secondary N) is 1. The summed E-state index contributed by atoms with van der Waals surface area (Å²) in [6, 6.07) is 18.1. The van der Waals surface area contributed by atoms with E-state index in [-0.39, 0.29) is 16.3 Å². The molecule has 1 N–H and O–H groups in total. The lowest BCUT2D eigenvalue weighted by Gasteiger charge is -2.13. The average molecular weight is 414 g/mol. The van der Waals surface area contributed by atoms with E-state index in [0.29, 0.717) is 23.9 Å². The maximum atomic E-state index is 12.7. The zero-order chi connectivity index (χ0) is 20.9. The number of sulfonamides is 1. The number of para-hydroxylation sites is 2. The van der Waals surface area contributed by atoms with E-state index in [2.05, 4.69) is 4.72 Å². The molecule has 0 aromatic heterocycles. The molecule has 0 radical (unpaired) electrons. The van der Waals surface area contributed by atoms with E-state index in [1.807, 2.05) is 6.92 Å². The minimum Gasteiger partial charge on any atom is -0.494 e. The molecule has 9 heteroatoms. The van der Waals surface area contributed by atoms with Gasteiger partial charge in [-0.15, -0.1) is 0 Å². The van der Waals surface area contributed by atoms with Crippen molar-refractivity contribution in [3.05, 3.63) is 82.9 Å². The quantitative estimate of drug-likeness (QED) is 0.427. The van der Waals surface area contributed by atoms with Gasteiger partial charge in [-0.3, -0.25) is 14.8 Å². The van der Waals surface area contributed by atoms with Crippen LogP contribution in [0.5, 0.6) is 17.2 Å². The molecule has 0 saturated carbocycles. The second kappa shape index (κ2) is 8.61. The van der Waals surface area contributed by atoms with Crippen LogP contribution in [0.2, 0.25) is 0 Å². The van der Waals surface area contributed by atoms with Crippen molar-refractivity contribution in [1.29, 1.82) is 0 Å². The zero-order valence-corrected chi connectivity index (χ0v) is 16.3. The van der Waals surface area contributed by atoms with Crippen LogP contribution in [-0.4, -0.2) is 19.9 Å². The van der Waals surface area contributed by atoms with Crippen molar-refractivity contribution in [1.82, 2.24) is 0 Å². The zero-order valence-electron chi connectivity index (χ0n) is 15.4. The summed E-state index contributed by atoms with van der Waals surface area (Å²) in [6.07, 6.45) is 0. The SMILES string of the molecule is CCOc1ccc(Oc2ccccc2NS(=O)(=O)c2ccc([N+](=O)[O-])cc2)cc1. The van der Waals surface area contributed by atoms with Crippen LogP contribution in [-0.2, 0) is 10.0 Å². The Bertz CT molecular complexity index is 1100. The molecule has 29 heavy (non-hydrogen) atoms. The van der Waals surface area contributed by atoms with Crippen molar-refractivity contribution in [3.63, 3.8) is 0 Å².